The van der Waals surface area contributed by atoms with Crippen LogP contribution in [0.2, 0.25) is 0 Å². The predicted octanol–water partition coefficient (Wildman–Crippen LogP) is 5.59. The Morgan fingerprint density at radius 3 is 2.52 bits per heavy atom. The number of hydrogen-bond donors (Lipinski definition) is 4. The summed E-state index contributed by atoms with van der Waals surface area (Å²) >= 11 is 2.11. The first-order valence-electron chi connectivity index (χ1n) is 20.6. The molecule has 3 saturated heterocycles. The average Bonchev–Trinajstić information content (AvgIpc) is 3.19. The number of esters is 1. The third-order valence-corrected chi connectivity index (χ3v) is 11.8. The predicted molar refractivity (Wildman–Crippen MR) is 232 cm³/mol. The first-order chi connectivity index (χ1) is 28.2. The van der Waals surface area contributed by atoms with Gasteiger partial charge in [-0.15, -0.1) is 0 Å². The van der Waals surface area contributed by atoms with Crippen LogP contribution in [0.4, 0.5) is 4.79 Å². The Balaban J connectivity index is 1.51. The van der Waals surface area contributed by atoms with Crippen molar-refractivity contribution in [2.75, 3.05) is 13.7 Å². The number of nitrogens with one attached hydrogen (secondary N) is 3. The number of fused-ring (bicyclic) bond motifs is 2. The molecule has 3 heterocycles. The lowest BCUT2D eigenvalue weighted by molar-refractivity contribution is -0.344. The number of benzene rings is 1. The maximum Gasteiger partial charge on any atom is 0.514 e. The lowest BCUT2D eigenvalue weighted by Crippen LogP contribution is -2.63. The Bertz CT molecular complexity index is 1780. The number of halogens is 1. The zero-order chi connectivity index (χ0) is 44.4. The molecule has 0 radical (unpaired) electrons. The van der Waals surface area contributed by atoms with Gasteiger partial charge >= 0.3 is 12.1 Å². The van der Waals surface area contributed by atoms with E-state index in [0.29, 0.717) is 37.7 Å². The van der Waals surface area contributed by atoms with Gasteiger partial charge in [-0.2, -0.15) is 0 Å². The summed E-state index contributed by atoms with van der Waals surface area (Å²) in [7, 11) is 1.28. The first kappa shape index (κ1) is 48.8. The van der Waals surface area contributed by atoms with Gasteiger partial charge in [0.05, 0.1) is 31.3 Å². The van der Waals surface area contributed by atoms with Gasteiger partial charge in [0, 0.05) is 25.3 Å². The van der Waals surface area contributed by atoms with E-state index in [0.717, 1.165) is 5.57 Å². The average molecular weight is 951 g/mol. The molecule has 1 aromatic carbocycles. The normalized spacial score (nSPS) is 26.3. The Morgan fingerprint density at radius 1 is 1.12 bits per heavy atom. The Hall–Kier alpha value is -3.84. The van der Waals surface area contributed by atoms with Crippen LogP contribution in [0.3, 0.4) is 0 Å². The molecule has 4 N–H and O–H groups in total. The van der Waals surface area contributed by atoms with Crippen LogP contribution in [-0.4, -0.2) is 101 Å². The van der Waals surface area contributed by atoms with Crippen LogP contribution in [0.15, 0.2) is 58.2 Å². The van der Waals surface area contributed by atoms with Crippen LogP contribution in [0.25, 0.3) is 0 Å². The topological polar surface area (TPSA) is 191 Å². The summed E-state index contributed by atoms with van der Waals surface area (Å²) in [6.07, 6.45) is 7.68. The number of carbonyl (C=O) groups is 5. The number of carbonyl (C=O) groups excluding carboxylic acids is 5. The Labute approximate surface area is 367 Å². The summed E-state index contributed by atoms with van der Waals surface area (Å²) < 4.78 is 30.2. The van der Waals surface area contributed by atoms with Crippen molar-refractivity contribution in [1.82, 2.24) is 21.1 Å². The van der Waals surface area contributed by atoms with Gasteiger partial charge in [0.1, 0.15) is 29.5 Å². The van der Waals surface area contributed by atoms with Crippen molar-refractivity contribution in [3.63, 3.8) is 0 Å². The Morgan fingerprint density at radius 2 is 1.85 bits per heavy atom. The first-order valence-corrected chi connectivity index (χ1v) is 21.9. The number of methoxy groups -OCH3 is 1. The molecular formula is C44H63IN4O11. The minimum atomic E-state index is -1.15. The van der Waals surface area contributed by atoms with Crippen molar-refractivity contribution in [3.8, 4) is 5.75 Å². The van der Waals surface area contributed by atoms with E-state index in [1.54, 1.807) is 45.0 Å². The number of aliphatic hydroxyl groups excluding tert-OH is 1. The molecule has 3 amide bonds. The number of hydrogen-bond acceptors (Lipinski definition) is 12. The molecule has 1 unspecified atom stereocenters. The maximum atomic E-state index is 14.2. The molecule has 16 heteroatoms. The summed E-state index contributed by atoms with van der Waals surface area (Å²) in [5.74, 6) is -3.78. The van der Waals surface area contributed by atoms with E-state index in [1.807, 2.05) is 63.0 Å². The van der Waals surface area contributed by atoms with E-state index in [-0.39, 0.29) is 42.6 Å². The van der Waals surface area contributed by atoms with Crippen LogP contribution in [0.1, 0.15) is 93.1 Å². The van der Waals surface area contributed by atoms with E-state index < -0.39 is 71.6 Å². The fourth-order valence-electron chi connectivity index (χ4n) is 7.41. The summed E-state index contributed by atoms with van der Waals surface area (Å²) in [6, 6.07) is 3.64. The van der Waals surface area contributed by atoms with Crippen LogP contribution in [0, 0.1) is 17.8 Å². The molecule has 0 aliphatic carbocycles. The molecule has 332 valence electrons. The lowest BCUT2D eigenvalue weighted by Gasteiger charge is -2.51. The number of ether oxygens (including phenoxy) is 5. The minimum absolute atomic E-state index is 0.00956. The van der Waals surface area contributed by atoms with Gasteiger partial charge in [-0.25, -0.2) is 10.2 Å². The highest BCUT2D eigenvalue weighted by molar-refractivity contribution is 14.1. The number of hydrazine groups is 1. The molecule has 9 atom stereocenters. The Kier molecular flexibility index (Phi) is 17.7. The van der Waals surface area contributed by atoms with Crippen LogP contribution >= 0.6 is 22.6 Å². The standard InChI is InChI=1S/C44H63IN4O11/c1-26(2)36(47-38(51)31-20-21-44(8)58-35(28(4)37(31)59-44)19-12-10-11-18-34(50)27(3)25-45)39(52)46-33(40(53)49-22-14-17-32(48-49)41(54)56-9)24-29-15-13-16-30(23-29)57-42(55)60-43(5,6)7/h10-13,15-16,19,23,25-26,28,31-37,48,50H,14,17-18,20-22,24H2,1-9H3,(H,46,52)(H,47,51)/b11-10+,19-12+,27-25+/t28-,31+,32-,33-,34-,35-,36-,37+,44?/m0/s1. The van der Waals surface area contributed by atoms with Crippen molar-refractivity contribution in [2.45, 2.75) is 142 Å². The molecule has 0 spiro atoms. The zero-order valence-corrected chi connectivity index (χ0v) is 38.4. The third-order valence-electron chi connectivity index (χ3n) is 10.8. The second-order valence-electron chi connectivity index (χ2n) is 17.3. The van der Waals surface area contributed by atoms with Gasteiger partial charge in [-0.05, 0) is 93.6 Å². The third kappa shape index (κ3) is 13.8. The lowest BCUT2D eigenvalue weighted by atomic mass is 9.79. The van der Waals surface area contributed by atoms with Crippen molar-refractivity contribution < 1.29 is 52.8 Å². The van der Waals surface area contributed by atoms with E-state index >= 15 is 0 Å². The number of amides is 3. The molecule has 3 aliphatic rings. The highest BCUT2D eigenvalue weighted by Crippen LogP contribution is 2.44. The quantitative estimate of drug-likeness (QED) is 0.0740. The van der Waals surface area contributed by atoms with Gasteiger partial charge < -0.3 is 39.4 Å². The number of allylic oxidation sites excluding steroid dienone is 2. The molecule has 60 heavy (non-hydrogen) atoms. The van der Waals surface area contributed by atoms with Crippen LogP contribution in [0.5, 0.6) is 5.75 Å². The molecule has 0 aromatic heterocycles. The van der Waals surface area contributed by atoms with E-state index in [9.17, 15) is 29.1 Å². The van der Waals surface area contributed by atoms with E-state index in [2.05, 4.69) is 38.7 Å². The smallest absolute Gasteiger partial charge is 0.468 e. The van der Waals surface area contributed by atoms with Gasteiger partial charge in [0.15, 0.2) is 5.79 Å². The van der Waals surface area contributed by atoms with E-state index in [4.69, 9.17) is 23.7 Å². The van der Waals surface area contributed by atoms with Crippen molar-refractivity contribution >= 4 is 52.4 Å². The molecule has 3 fully saturated rings. The summed E-state index contributed by atoms with van der Waals surface area (Å²) in [5, 5.41) is 17.4. The van der Waals surface area contributed by atoms with Gasteiger partial charge in [-0.1, -0.05) is 79.8 Å². The summed E-state index contributed by atoms with van der Waals surface area (Å²) in [5.41, 5.74) is 3.63. The molecule has 4 rings (SSSR count). The SMILES string of the molecule is COC(=O)[C@@H]1CCCN(C(=O)[C@H](Cc2cccc(OC(=O)OC(C)(C)C)c2)NC(=O)[C@@H](NC(=O)[C@@H]2CCC3(C)O[C@@H]2[C@@H](C)[C@H](/C=C/C=C/C[C@H](O)/C(C)=C/I)O3)C(C)C)N1. The monoisotopic (exact) mass is 950 g/mol. The van der Waals surface area contributed by atoms with Crippen molar-refractivity contribution in [1.29, 1.82) is 0 Å². The second kappa shape index (κ2) is 21.8. The molecule has 0 saturated carbocycles. The molecule has 2 bridgehead atoms. The van der Waals surface area contributed by atoms with Gasteiger partial charge in [0.2, 0.25) is 11.8 Å². The number of aliphatic hydroxyl groups is 1. The second-order valence-corrected chi connectivity index (χ2v) is 17.9. The van der Waals surface area contributed by atoms with Gasteiger partial charge in [-0.3, -0.25) is 24.2 Å². The van der Waals surface area contributed by atoms with Crippen LogP contribution < -0.4 is 20.8 Å². The highest BCUT2D eigenvalue weighted by Gasteiger charge is 2.52. The largest absolute Gasteiger partial charge is 0.514 e. The van der Waals surface area contributed by atoms with Crippen LogP contribution in [-0.2, 0) is 44.5 Å². The molecule has 1 aromatic rings. The zero-order valence-electron chi connectivity index (χ0n) is 36.2. The fourth-order valence-corrected chi connectivity index (χ4v) is 7.82. The highest BCUT2D eigenvalue weighted by atomic mass is 127. The fraction of sp³-hybridized carbons (Fsp3) is 0.614. The van der Waals surface area contributed by atoms with Gasteiger partial charge in [0.25, 0.3) is 5.91 Å². The summed E-state index contributed by atoms with van der Waals surface area (Å²) in [6.45, 7) is 14.8. The summed E-state index contributed by atoms with van der Waals surface area (Å²) in [4.78, 5) is 67.5. The van der Waals surface area contributed by atoms with Crippen molar-refractivity contribution in [2.24, 2.45) is 17.8 Å². The molecular weight excluding hydrogens is 887 g/mol. The maximum absolute atomic E-state index is 14.2. The van der Waals surface area contributed by atoms with Crippen molar-refractivity contribution in [3.05, 3.63) is 63.8 Å². The molecule has 3 aliphatic heterocycles. The molecule has 15 nitrogen and oxygen atoms in total. The number of rotatable bonds is 15. The van der Waals surface area contributed by atoms with E-state index in [1.165, 1.54) is 12.1 Å². The number of nitrogens with zero attached hydrogens (tertiary/aromatic N) is 1. The minimum Gasteiger partial charge on any atom is -0.468 e.